The highest BCUT2D eigenvalue weighted by molar-refractivity contribution is 7.89. The van der Waals surface area contributed by atoms with E-state index in [0.717, 1.165) is 9.87 Å². The van der Waals surface area contributed by atoms with Crippen molar-refractivity contribution in [2.24, 2.45) is 11.5 Å². The van der Waals surface area contributed by atoms with E-state index in [-0.39, 0.29) is 24.7 Å². The molecule has 1 aromatic rings. The molecule has 1 unspecified atom stereocenters. The second-order valence-corrected chi connectivity index (χ2v) is 6.68. The van der Waals surface area contributed by atoms with E-state index < -0.39 is 22.0 Å². The average Bonchev–Trinajstić information content (AvgIpc) is 2.48. The third-order valence-corrected chi connectivity index (χ3v) is 5.29. The van der Waals surface area contributed by atoms with E-state index in [1.54, 1.807) is 12.1 Å². The minimum Gasteiger partial charge on any atom is -0.378 e. The summed E-state index contributed by atoms with van der Waals surface area (Å²) in [5, 5.41) is 0. The summed E-state index contributed by atoms with van der Waals surface area (Å²) < 4.78 is 31.5. The fourth-order valence-electron chi connectivity index (χ4n) is 2.23. The first-order valence-electron chi connectivity index (χ1n) is 6.64. The Morgan fingerprint density at radius 1 is 1.33 bits per heavy atom. The van der Waals surface area contributed by atoms with Crippen molar-refractivity contribution in [3.8, 4) is 0 Å². The molecule has 21 heavy (non-hydrogen) atoms. The van der Waals surface area contributed by atoms with Crippen molar-refractivity contribution in [1.82, 2.24) is 4.31 Å². The first-order valence-corrected chi connectivity index (χ1v) is 8.08. The van der Waals surface area contributed by atoms with Gasteiger partial charge in [-0.05, 0) is 30.7 Å². The topological polar surface area (TPSA) is 116 Å². The van der Waals surface area contributed by atoms with Crippen LogP contribution in [0.3, 0.4) is 0 Å². The Morgan fingerprint density at radius 3 is 2.57 bits per heavy atom. The highest BCUT2D eigenvalue weighted by Crippen LogP contribution is 2.21. The molecule has 0 radical (unpaired) electrons. The number of carbonyl (C=O) groups excluding carboxylic acids is 1. The van der Waals surface area contributed by atoms with E-state index in [2.05, 4.69) is 0 Å². The van der Waals surface area contributed by atoms with Crippen LogP contribution < -0.4 is 11.5 Å². The third kappa shape index (κ3) is 3.41. The summed E-state index contributed by atoms with van der Waals surface area (Å²) in [6.45, 7) is 0.841. The Bertz CT molecular complexity index is 600. The van der Waals surface area contributed by atoms with Gasteiger partial charge in [0, 0.05) is 6.54 Å². The van der Waals surface area contributed by atoms with E-state index in [9.17, 15) is 13.2 Å². The average molecular weight is 313 g/mol. The molecule has 1 heterocycles. The van der Waals surface area contributed by atoms with Crippen LogP contribution in [0.1, 0.15) is 5.56 Å². The van der Waals surface area contributed by atoms with Gasteiger partial charge in [-0.2, -0.15) is 4.31 Å². The van der Waals surface area contributed by atoms with Gasteiger partial charge >= 0.3 is 0 Å². The Balaban J connectivity index is 2.29. The zero-order valence-corrected chi connectivity index (χ0v) is 12.4. The monoisotopic (exact) mass is 313 g/mol. The summed E-state index contributed by atoms with van der Waals surface area (Å²) >= 11 is 0. The maximum Gasteiger partial charge on any atom is 0.243 e. The summed E-state index contributed by atoms with van der Waals surface area (Å²) in [5.41, 5.74) is 11.7. The van der Waals surface area contributed by atoms with Crippen LogP contribution in [0.2, 0.25) is 0 Å². The fraction of sp³-hybridized carbons (Fsp3) is 0.462. The largest absolute Gasteiger partial charge is 0.378 e. The van der Waals surface area contributed by atoms with E-state index in [1.165, 1.54) is 12.1 Å². The normalized spacial score (nSPS) is 20.3. The van der Waals surface area contributed by atoms with Crippen LogP contribution in [-0.4, -0.2) is 51.0 Å². The van der Waals surface area contributed by atoms with Crippen LogP contribution in [0.4, 0.5) is 0 Å². The van der Waals surface area contributed by atoms with Gasteiger partial charge < -0.3 is 16.2 Å². The lowest BCUT2D eigenvalue weighted by atomic mass is 10.2. The van der Waals surface area contributed by atoms with Gasteiger partial charge in [-0.15, -0.1) is 0 Å². The van der Waals surface area contributed by atoms with Crippen LogP contribution in [0.5, 0.6) is 0 Å². The highest BCUT2D eigenvalue weighted by atomic mass is 32.2. The molecular formula is C13H19N3O4S. The maximum atomic E-state index is 12.6. The number of hydrogen-bond acceptors (Lipinski definition) is 5. The number of hydrogen-bond donors (Lipinski definition) is 2. The number of amides is 1. The zero-order chi connectivity index (χ0) is 15.5. The molecule has 1 fully saturated rings. The summed E-state index contributed by atoms with van der Waals surface area (Å²) in [4.78, 5) is 11.5. The minimum atomic E-state index is -3.77. The van der Waals surface area contributed by atoms with Gasteiger partial charge in [-0.1, -0.05) is 12.1 Å². The van der Waals surface area contributed by atoms with Crippen LogP contribution in [0.15, 0.2) is 29.2 Å². The molecule has 0 aromatic heterocycles. The summed E-state index contributed by atoms with van der Waals surface area (Å²) in [6.07, 6.45) is 0.682. The maximum absolute atomic E-state index is 12.6. The molecule has 0 bridgehead atoms. The number of morpholine rings is 1. The quantitative estimate of drug-likeness (QED) is 0.728. The molecule has 1 amide bonds. The summed E-state index contributed by atoms with van der Waals surface area (Å²) in [7, 11) is -3.77. The smallest absolute Gasteiger partial charge is 0.243 e. The number of ether oxygens (including phenoxy) is 1. The molecule has 1 aromatic carbocycles. The van der Waals surface area contributed by atoms with Crippen molar-refractivity contribution in [3.63, 3.8) is 0 Å². The molecule has 2 rings (SSSR count). The SMILES string of the molecule is NCCc1ccc(S(=O)(=O)N2CCOCC2C(N)=O)cc1. The molecule has 1 atom stereocenters. The second kappa shape index (κ2) is 6.52. The number of rotatable bonds is 5. The molecule has 8 heteroatoms. The van der Waals surface area contributed by atoms with Crippen LogP contribution in [-0.2, 0) is 26.0 Å². The molecule has 1 saturated heterocycles. The van der Waals surface area contributed by atoms with Crippen molar-refractivity contribution >= 4 is 15.9 Å². The lowest BCUT2D eigenvalue weighted by molar-refractivity contribution is -0.125. The third-order valence-electron chi connectivity index (χ3n) is 3.37. The van der Waals surface area contributed by atoms with Gasteiger partial charge in [-0.25, -0.2) is 8.42 Å². The summed E-state index contributed by atoms with van der Waals surface area (Å²) in [6, 6.07) is 5.52. The Hall–Kier alpha value is -1.48. The van der Waals surface area contributed by atoms with E-state index in [0.29, 0.717) is 13.0 Å². The first-order chi connectivity index (χ1) is 9.96. The Labute approximate surface area is 123 Å². The van der Waals surface area contributed by atoms with E-state index in [1.807, 2.05) is 0 Å². The van der Waals surface area contributed by atoms with Crippen LogP contribution >= 0.6 is 0 Å². The number of nitrogens with zero attached hydrogens (tertiary/aromatic N) is 1. The van der Waals surface area contributed by atoms with Gasteiger partial charge in [0.15, 0.2) is 0 Å². The van der Waals surface area contributed by atoms with Gasteiger partial charge in [0.1, 0.15) is 6.04 Å². The van der Waals surface area contributed by atoms with Crippen molar-refractivity contribution < 1.29 is 17.9 Å². The Morgan fingerprint density at radius 2 is 2.00 bits per heavy atom. The molecule has 0 aliphatic carbocycles. The molecular weight excluding hydrogens is 294 g/mol. The molecule has 7 nitrogen and oxygen atoms in total. The van der Waals surface area contributed by atoms with Crippen molar-refractivity contribution in [2.75, 3.05) is 26.3 Å². The number of carbonyl (C=O) groups is 1. The second-order valence-electron chi connectivity index (χ2n) is 4.79. The highest BCUT2D eigenvalue weighted by Gasteiger charge is 2.37. The number of nitrogens with two attached hydrogens (primary N) is 2. The molecule has 1 aliphatic heterocycles. The summed E-state index contributed by atoms with van der Waals surface area (Å²) in [5.74, 6) is -0.710. The lowest BCUT2D eigenvalue weighted by Crippen LogP contribution is -2.54. The minimum absolute atomic E-state index is 0.0141. The number of benzene rings is 1. The molecule has 0 spiro atoms. The molecule has 0 saturated carbocycles. The first kappa shape index (κ1) is 15.9. The predicted molar refractivity (Wildman–Crippen MR) is 76.9 cm³/mol. The predicted octanol–water partition coefficient (Wildman–Crippen LogP) is -0.937. The fourth-order valence-corrected chi connectivity index (χ4v) is 3.80. The Kier molecular flexibility index (Phi) is 4.94. The van der Waals surface area contributed by atoms with E-state index in [4.69, 9.17) is 16.2 Å². The van der Waals surface area contributed by atoms with Crippen molar-refractivity contribution in [2.45, 2.75) is 17.4 Å². The number of sulfonamides is 1. The molecule has 4 N–H and O–H groups in total. The van der Waals surface area contributed by atoms with Gasteiger partial charge in [0.25, 0.3) is 0 Å². The van der Waals surface area contributed by atoms with Crippen LogP contribution in [0, 0.1) is 0 Å². The lowest BCUT2D eigenvalue weighted by Gasteiger charge is -2.32. The van der Waals surface area contributed by atoms with Gasteiger partial charge in [-0.3, -0.25) is 4.79 Å². The standard InChI is InChI=1S/C13H19N3O4S/c14-6-5-10-1-3-11(4-2-10)21(18,19)16-7-8-20-9-12(16)13(15)17/h1-4,12H,5-9,14H2,(H2,15,17). The zero-order valence-electron chi connectivity index (χ0n) is 11.6. The van der Waals surface area contributed by atoms with Crippen LogP contribution in [0.25, 0.3) is 0 Å². The molecule has 1 aliphatic rings. The molecule has 116 valence electrons. The van der Waals surface area contributed by atoms with Crippen molar-refractivity contribution in [1.29, 1.82) is 0 Å². The van der Waals surface area contributed by atoms with Gasteiger partial charge in [0.05, 0.1) is 18.1 Å². The van der Waals surface area contributed by atoms with E-state index >= 15 is 0 Å². The van der Waals surface area contributed by atoms with Crippen molar-refractivity contribution in [3.05, 3.63) is 29.8 Å². The number of primary amides is 1. The van der Waals surface area contributed by atoms with Gasteiger partial charge in [0.2, 0.25) is 15.9 Å².